The van der Waals surface area contributed by atoms with Crippen LogP contribution in [0.5, 0.6) is 0 Å². The highest BCUT2D eigenvalue weighted by molar-refractivity contribution is 8.00. The van der Waals surface area contributed by atoms with Crippen LogP contribution in [0.15, 0.2) is 96.2 Å². The third kappa shape index (κ3) is 4.14. The number of carbonyl (C=O) groups excluding carboxylic acids is 1. The number of hydrogen-bond acceptors (Lipinski definition) is 4. The molecule has 0 bridgehead atoms. The molecule has 0 saturated carbocycles. The van der Waals surface area contributed by atoms with Crippen LogP contribution in [-0.4, -0.2) is 39.7 Å². The summed E-state index contributed by atoms with van der Waals surface area (Å²) in [6, 6.07) is 29.7. The highest BCUT2D eigenvalue weighted by Crippen LogP contribution is 2.38. The molecule has 0 spiro atoms. The molecule has 1 heterocycles. The summed E-state index contributed by atoms with van der Waals surface area (Å²) >= 11 is 1.41. The van der Waals surface area contributed by atoms with E-state index in [4.69, 9.17) is 0 Å². The summed E-state index contributed by atoms with van der Waals surface area (Å²) < 4.78 is 2.01. The molecule has 0 aliphatic rings. The average Bonchev–Trinajstić information content (AvgIpc) is 3.22. The van der Waals surface area contributed by atoms with Gasteiger partial charge in [0.25, 0.3) is 0 Å². The number of benzene rings is 3. The number of hydrogen-bond donors (Lipinski definition) is 0. The molecule has 5 nitrogen and oxygen atoms in total. The Kier molecular flexibility index (Phi) is 5.95. The maximum atomic E-state index is 13.0. The van der Waals surface area contributed by atoms with Crippen LogP contribution in [0.3, 0.4) is 0 Å². The smallest absolute Gasteiger partial charge is 0.240 e. The van der Waals surface area contributed by atoms with Gasteiger partial charge in [-0.25, -0.2) is 0 Å². The zero-order valence-electron chi connectivity index (χ0n) is 16.8. The van der Waals surface area contributed by atoms with Crippen LogP contribution in [-0.2, 0) is 4.79 Å². The first kappa shape index (κ1) is 19.9. The second-order valence-corrected chi connectivity index (χ2v) is 8.06. The molecule has 1 amide bonds. The number of aromatic nitrogens is 3. The first-order chi connectivity index (χ1) is 14.6. The van der Waals surface area contributed by atoms with Crippen molar-refractivity contribution in [1.82, 2.24) is 19.7 Å². The Balaban J connectivity index is 1.82. The van der Waals surface area contributed by atoms with Crippen molar-refractivity contribution in [3.8, 4) is 17.1 Å². The van der Waals surface area contributed by atoms with Gasteiger partial charge in [0.1, 0.15) is 5.25 Å². The summed E-state index contributed by atoms with van der Waals surface area (Å²) in [5, 5.41) is 9.21. The Morgan fingerprint density at radius 2 is 1.40 bits per heavy atom. The summed E-state index contributed by atoms with van der Waals surface area (Å²) in [5.41, 5.74) is 2.86. The largest absolute Gasteiger partial charge is 0.348 e. The van der Waals surface area contributed by atoms with Gasteiger partial charge < -0.3 is 4.90 Å². The minimum Gasteiger partial charge on any atom is -0.348 e. The number of para-hydroxylation sites is 1. The van der Waals surface area contributed by atoms with Gasteiger partial charge in [-0.3, -0.25) is 9.36 Å². The molecule has 4 rings (SSSR count). The van der Waals surface area contributed by atoms with E-state index < -0.39 is 5.25 Å². The minimum atomic E-state index is -0.420. The molecule has 1 atom stereocenters. The van der Waals surface area contributed by atoms with E-state index in [0.717, 1.165) is 22.6 Å². The summed E-state index contributed by atoms with van der Waals surface area (Å²) in [4.78, 5) is 14.6. The maximum Gasteiger partial charge on any atom is 0.240 e. The Hall–Kier alpha value is -3.38. The van der Waals surface area contributed by atoms with Crippen molar-refractivity contribution in [2.45, 2.75) is 10.4 Å². The molecule has 0 unspecified atom stereocenters. The molecule has 150 valence electrons. The van der Waals surface area contributed by atoms with Crippen LogP contribution in [0.2, 0.25) is 0 Å². The van der Waals surface area contributed by atoms with Gasteiger partial charge in [0.15, 0.2) is 11.0 Å². The van der Waals surface area contributed by atoms with Gasteiger partial charge in [-0.15, -0.1) is 10.2 Å². The second kappa shape index (κ2) is 8.97. The number of thioether (sulfide) groups is 1. The lowest BCUT2D eigenvalue weighted by atomic mass is 10.1. The van der Waals surface area contributed by atoms with E-state index in [-0.39, 0.29) is 5.91 Å². The van der Waals surface area contributed by atoms with Gasteiger partial charge in [-0.1, -0.05) is 90.6 Å². The predicted octanol–water partition coefficient (Wildman–Crippen LogP) is 4.86. The number of nitrogens with zero attached hydrogens (tertiary/aromatic N) is 4. The molecule has 6 heteroatoms. The van der Waals surface area contributed by atoms with Crippen LogP contribution in [0.25, 0.3) is 17.1 Å². The standard InChI is InChI=1S/C24H22N4OS/c1-27(2)23(29)21(18-12-6-3-7-13-18)30-24-26-25-22(19-14-8-4-9-15-19)28(24)20-16-10-5-11-17-20/h3-17,21H,1-2H3/t21-/m1/s1. The Morgan fingerprint density at radius 1 is 0.833 bits per heavy atom. The van der Waals surface area contributed by atoms with Gasteiger partial charge in [0.05, 0.1) is 0 Å². The fourth-order valence-corrected chi connectivity index (χ4v) is 4.36. The molecule has 4 aromatic rings. The highest BCUT2D eigenvalue weighted by Gasteiger charge is 2.27. The molecular formula is C24H22N4OS. The van der Waals surface area contributed by atoms with Crippen molar-refractivity contribution in [2.24, 2.45) is 0 Å². The summed E-state index contributed by atoms with van der Waals surface area (Å²) in [6.07, 6.45) is 0. The molecule has 3 aromatic carbocycles. The van der Waals surface area contributed by atoms with E-state index in [9.17, 15) is 4.79 Å². The van der Waals surface area contributed by atoms with Gasteiger partial charge >= 0.3 is 0 Å². The topological polar surface area (TPSA) is 51.0 Å². The number of likely N-dealkylation sites (N-methyl/N-ethyl adjacent to an activating group) is 1. The first-order valence-corrected chi connectivity index (χ1v) is 10.5. The Labute approximate surface area is 180 Å². The fraction of sp³-hybridized carbons (Fsp3) is 0.125. The zero-order valence-corrected chi connectivity index (χ0v) is 17.7. The second-order valence-electron chi connectivity index (χ2n) is 6.98. The van der Waals surface area contributed by atoms with Gasteiger partial charge in [0.2, 0.25) is 5.91 Å². The molecular weight excluding hydrogens is 392 g/mol. The van der Waals surface area contributed by atoms with Crippen LogP contribution in [0.4, 0.5) is 0 Å². The molecule has 0 N–H and O–H groups in total. The highest BCUT2D eigenvalue weighted by atomic mass is 32.2. The van der Waals surface area contributed by atoms with Crippen molar-refractivity contribution in [2.75, 3.05) is 14.1 Å². The van der Waals surface area contributed by atoms with E-state index in [1.165, 1.54) is 11.8 Å². The quantitative estimate of drug-likeness (QED) is 0.423. The molecule has 0 saturated heterocycles. The van der Waals surface area contributed by atoms with Crippen molar-refractivity contribution in [3.05, 3.63) is 96.6 Å². The number of rotatable bonds is 6. The third-order valence-electron chi connectivity index (χ3n) is 4.67. The lowest BCUT2D eigenvalue weighted by Gasteiger charge is -2.20. The van der Waals surface area contributed by atoms with Crippen molar-refractivity contribution >= 4 is 17.7 Å². The Bertz CT molecular complexity index is 1110. The van der Waals surface area contributed by atoms with E-state index in [2.05, 4.69) is 10.2 Å². The van der Waals surface area contributed by atoms with Crippen molar-refractivity contribution in [3.63, 3.8) is 0 Å². The number of carbonyl (C=O) groups is 1. The molecule has 0 radical (unpaired) electrons. The summed E-state index contributed by atoms with van der Waals surface area (Å²) in [6.45, 7) is 0. The zero-order chi connectivity index (χ0) is 20.9. The predicted molar refractivity (Wildman–Crippen MR) is 121 cm³/mol. The summed E-state index contributed by atoms with van der Waals surface area (Å²) in [5.74, 6) is 0.753. The normalized spacial score (nSPS) is 11.8. The van der Waals surface area contributed by atoms with E-state index in [1.54, 1.807) is 19.0 Å². The fourth-order valence-electron chi connectivity index (χ4n) is 3.16. The van der Waals surface area contributed by atoms with E-state index in [0.29, 0.717) is 5.16 Å². The van der Waals surface area contributed by atoms with Crippen LogP contribution in [0, 0.1) is 0 Å². The van der Waals surface area contributed by atoms with Gasteiger partial charge in [0, 0.05) is 25.3 Å². The van der Waals surface area contributed by atoms with Gasteiger partial charge in [-0.05, 0) is 17.7 Å². The molecule has 0 aliphatic heterocycles. The summed E-state index contributed by atoms with van der Waals surface area (Å²) in [7, 11) is 3.55. The Morgan fingerprint density at radius 3 is 2.00 bits per heavy atom. The van der Waals surface area contributed by atoms with Crippen LogP contribution >= 0.6 is 11.8 Å². The first-order valence-electron chi connectivity index (χ1n) is 9.64. The molecule has 1 aromatic heterocycles. The molecule has 30 heavy (non-hydrogen) atoms. The van der Waals surface area contributed by atoms with Gasteiger partial charge in [-0.2, -0.15) is 0 Å². The SMILES string of the molecule is CN(C)C(=O)[C@H](Sc1nnc(-c2ccccc2)n1-c1ccccc1)c1ccccc1. The lowest BCUT2D eigenvalue weighted by Crippen LogP contribution is -2.27. The monoisotopic (exact) mass is 414 g/mol. The van der Waals surface area contributed by atoms with Crippen LogP contribution in [0.1, 0.15) is 10.8 Å². The average molecular weight is 415 g/mol. The molecule has 0 fully saturated rings. The van der Waals surface area contributed by atoms with Crippen LogP contribution < -0.4 is 0 Å². The minimum absolute atomic E-state index is 0.00933. The van der Waals surface area contributed by atoms with Crippen molar-refractivity contribution in [1.29, 1.82) is 0 Å². The van der Waals surface area contributed by atoms with E-state index in [1.807, 2.05) is 95.6 Å². The van der Waals surface area contributed by atoms with Crippen molar-refractivity contribution < 1.29 is 4.79 Å². The third-order valence-corrected chi connectivity index (χ3v) is 5.85. The lowest BCUT2D eigenvalue weighted by molar-refractivity contribution is -0.128. The maximum absolute atomic E-state index is 13.0. The molecule has 0 aliphatic carbocycles. The number of amides is 1. The van der Waals surface area contributed by atoms with E-state index >= 15 is 0 Å².